The smallest absolute Gasteiger partial charge is 0.315 e. The normalized spacial score (nSPS) is 21.5. The molecule has 8 nitrogen and oxygen atoms in total. The lowest BCUT2D eigenvalue weighted by molar-refractivity contribution is 0.0937. The van der Waals surface area contributed by atoms with Gasteiger partial charge in [-0.3, -0.25) is 4.90 Å². The minimum absolute atomic E-state index is 0.436. The molecule has 2 fully saturated rings. The van der Waals surface area contributed by atoms with E-state index in [0.717, 1.165) is 56.7 Å². The molecule has 4 heterocycles. The van der Waals surface area contributed by atoms with Crippen molar-refractivity contribution in [2.45, 2.75) is 52.1 Å². The zero-order valence-electron chi connectivity index (χ0n) is 17.8. The van der Waals surface area contributed by atoms with Crippen LogP contribution in [0.5, 0.6) is 0 Å². The molecule has 0 radical (unpaired) electrons. The summed E-state index contributed by atoms with van der Waals surface area (Å²) in [7, 11) is 0. The predicted octanol–water partition coefficient (Wildman–Crippen LogP) is 2.52. The van der Waals surface area contributed by atoms with Gasteiger partial charge in [0.15, 0.2) is 0 Å². The van der Waals surface area contributed by atoms with Gasteiger partial charge in [-0.15, -0.1) is 5.10 Å². The molecule has 2 saturated heterocycles. The zero-order chi connectivity index (χ0) is 20.2. The van der Waals surface area contributed by atoms with Crippen LogP contribution in [0.2, 0.25) is 0 Å². The minimum Gasteiger partial charge on any atom is -0.402 e. The molecule has 0 spiro atoms. The van der Waals surface area contributed by atoms with Crippen molar-refractivity contribution in [1.29, 1.82) is 0 Å². The molecule has 0 aromatic carbocycles. The fourth-order valence-electron chi connectivity index (χ4n) is 4.63. The second-order valence-electron chi connectivity index (χ2n) is 7.97. The Morgan fingerprint density at radius 3 is 2.72 bits per heavy atom. The third-order valence-electron chi connectivity index (χ3n) is 6.15. The predicted molar refractivity (Wildman–Crippen MR) is 115 cm³/mol. The summed E-state index contributed by atoms with van der Waals surface area (Å²) in [4.78, 5) is 10.0. The van der Waals surface area contributed by atoms with Crippen LogP contribution in [-0.4, -0.2) is 71.4 Å². The molecule has 2 aromatic heterocycles. The van der Waals surface area contributed by atoms with Gasteiger partial charge in [0.25, 0.3) is 5.89 Å². The maximum Gasteiger partial charge on any atom is 0.315 e. The lowest BCUT2D eigenvalue weighted by Crippen LogP contribution is -2.58. The summed E-state index contributed by atoms with van der Waals surface area (Å²) in [5, 5.41) is 14.6. The Bertz CT molecular complexity index is 802. The number of aromatic nitrogens is 3. The van der Waals surface area contributed by atoms with E-state index >= 15 is 0 Å². The number of hydrogen-bond donors (Lipinski definition) is 2. The van der Waals surface area contributed by atoms with Gasteiger partial charge in [-0.25, -0.2) is 4.98 Å². The summed E-state index contributed by atoms with van der Waals surface area (Å²) in [6.45, 7) is 12.7. The van der Waals surface area contributed by atoms with Crippen LogP contribution in [-0.2, 0) is 0 Å². The first-order valence-corrected chi connectivity index (χ1v) is 11.0. The van der Waals surface area contributed by atoms with Gasteiger partial charge in [0.2, 0.25) is 0 Å². The number of rotatable bonds is 6. The van der Waals surface area contributed by atoms with Crippen LogP contribution in [0.25, 0.3) is 11.6 Å². The first kappa shape index (κ1) is 20.1. The highest BCUT2D eigenvalue weighted by Gasteiger charge is 2.32. The number of aryl methyl sites for hydroxylation is 1. The van der Waals surface area contributed by atoms with E-state index in [2.05, 4.69) is 50.5 Å². The van der Waals surface area contributed by atoms with Crippen LogP contribution in [0.4, 0.5) is 11.7 Å². The third kappa shape index (κ3) is 4.38. The van der Waals surface area contributed by atoms with Gasteiger partial charge in [0.1, 0.15) is 5.69 Å². The molecule has 0 amide bonds. The van der Waals surface area contributed by atoms with Crippen LogP contribution in [0.15, 0.2) is 16.5 Å². The highest BCUT2D eigenvalue weighted by Crippen LogP contribution is 2.28. The average molecular weight is 400 g/mol. The van der Waals surface area contributed by atoms with E-state index < -0.39 is 0 Å². The van der Waals surface area contributed by atoms with Crippen molar-refractivity contribution in [3.63, 3.8) is 0 Å². The first-order valence-electron chi connectivity index (χ1n) is 11.0. The molecule has 4 rings (SSSR count). The summed E-state index contributed by atoms with van der Waals surface area (Å²) in [6.07, 6.45) is 3.72. The molecule has 2 N–H and O–H groups in total. The summed E-state index contributed by atoms with van der Waals surface area (Å²) in [6, 6.07) is 5.91. The van der Waals surface area contributed by atoms with Crippen LogP contribution in [0.3, 0.4) is 0 Å². The third-order valence-corrected chi connectivity index (χ3v) is 6.15. The van der Waals surface area contributed by atoms with E-state index in [-0.39, 0.29) is 0 Å². The minimum atomic E-state index is 0.436. The first-order chi connectivity index (χ1) is 14.2. The molecule has 29 heavy (non-hydrogen) atoms. The Balaban J connectivity index is 1.46. The number of piperazine rings is 1. The van der Waals surface area contributed by atoms with Crippen molar-refractivity contribution in [1.82, 2.24) is 25.4 Å². The van der Waals surface area contributed by atoms with Crippen molar-refractivity contribution >= 4 is 11.7 Å². The summed E-state index contributed by atoms with van der Waals surface area (Å²) < 4.78 is 5.64. The monoisotopic (exact) mass is 399 g/mol. The Kier molecular flexibility index (Phi) is 6.30. The van der Waals surface area contributed by atoms with Crippen molar-refractivity contribution in [3.8, 4) is 11.6 Å². The average Bonchev–Trinajstić information content (AvgIpc) is 3.23. The molecule has 0 saturated carbocycles. The molecule has 158 valence electrons. The maximum atomic E-state index is 5.64. The van der Waals surface area contributed by atoms with Gasteiger partial charge in [-0.05, 0) is 58.3 Å². The van der Waals surface area contributed by atoms with Gasteiger partial charge < -0.3 is 20.0 Å². The molecule has 1 unspecified atom stereocenters. The Labute approximate surface area is 173 Å². The zero-order valence-corrected chi connectivity index (χ0v) is 17.8. The highest BCUT2D eigenvalue weighted by atomic mass is 16.4. The van der Waals surface area contributed by atoms with E-state index in [4.69, 9.17) is 9.40 Å². The Morgan fingerprint density at radius 2 is 2.00 bits per heavy atom. The lowest BCUT2D eigenvalue weighted by atomic mass is 9.99. The quantitative estimate of drug-likeness (QED) is 0.767. The fraction of sp³-hybridized carbons (Fsp3) is 0.667. The summed E-state index contributed by atoms with van der Waals surface area (Å²) >= 11 is 0. The number of nitrogens with zero attached hydrogens (tertiary/aromatic N) is 5. The second kappa shape index (κ2) is 9.09. The van der Waals surface area contributed by atoms with E-state index in [0.29, 0.717) is 17.9 Å². The van der Waals surface area contributed by atoms with Gasteiger partial charge in [-0.1, -0.05) is 12.0 Å². The van der Waals surface area contributed by atoms with Crippen LogP contribution >= 0.6 is 0 Å². The Hall–Kier alpha value is -2.19. The number of anilines is 2. The number of pyridine rings is 1. The lowest BCUT2D eigenvalue weighted by Gasteiger charge is -2.47. The summed E-state index contributed by atoms with van der Waals surface area (Å²) in [5.74, 6) is 0.456. The van der Waals surface area contributed by atoms with Crippen molar-refractivity contribution in [2.75, 3.05) is 49.5 Å². The van der Waals surface area contributed by atoms with E-state index in [9.17, 15) is 0 Å². The molecular weight excluding hydrogens is 366 g/mol. The van der Waals surface area contributed by atoms with Gasteiger partial charge in [0.05, 0.1) is 11.4 Å². The van der Waals surface area contributed by atoms with Crippen LogP contribution in [0, 0.1) is 6.92 Å². The Morgan fingerprint density at radius 1 is 1.17 bits per heavy atom. The molecule has 0 bridgehead atoms. The van der Waals surface area contributed by atoms with Gasteiger partial charge in [-0.2, -0.15) is 0 Å². The molecule has 2 aliphatic rings. The van der Waals surface area contributed by atoms with Gasteiger partial charge >= 0.3 is 6.01 Å². The number of nitrogens with one attached hydrogen (secondary N) is 2. The second-order valence-corrected chi connectivity index (χ2v) is 7.97. The van der Waals surface area contributed by atoms with Crippen molar-refractivity contribution < 1.29 is 4.42 Å². The largest absolute Gasteiger partial charge is 0.402 e. The molecule has 1 atom stereocenters. The van der Waals surface area contributed by atoms with Crippen molar-refractivity contribution in [2.24, 2.45) is 0 Å². The van der Waals surface area contributed by atoms with E-state index in [1.807, 2.05) is 13.0 Å². The molecule has 8 heteroatoms. The maximum absolute atomic E-state index is 5.64. The van der Waals surface area contributed by atoms with Crippen LogP contribution < -0.4 is 15.5 Å². The molecule has 2 aromatic rings. The molecular formula is C21H33N7O. The number of hydrogen-bond acceptors (Lipinski definition) is 8. The van der Waals surface area contributed by atoms with Gasteiger partial charge in [0, 0.05) is 38.3 Å². The summed E-state index contributed by atoms with van der Waals surface area (Å²) in [5.41, 5.74) is 2.95. The standard InChI is InChI=1S/C21H33N7O/c1-4-16-14-27(12-13-28(16)17-8-10-22-11-9-17)19-7-6-18(24-15(19)3)20-25-26-21(29-20)23-5-2/h6-7,16-17,22H,4-5,8-14H2,1-3H3,(H,23,26). The highest BCUT2D eigenvalue weighted by molar-refractivity contribution is 5.58. The fourth-order valence-corrected chi connectivity index (χ4v) is 4.63. The van der Waals surface area contributed by atoms with Crippen molar-refractivity contribution in [3.05, 3.63) is 17.8 Å². The van der Waals surface area contributed by atoms with E-state index in [1.165, 1.54) is 24.9 Å². The van der Waals surface area contributed by atoms with Crippen LogP contribution in [0.1, 0.15) is 38.8 Å². The SMILES string of the molecule is CCNc1nnc(-c2ccc(N3CCN(C4CCNCC4)C(CC)C3)c(C)n2)o1. The topological polar surface area (TPSA) is 82.4 Å². The molecule has 2 aliphatic heterocycles. The van der Waals surface area contributed by atoms with E-state index in [1.54, 1.807) is 0 Å². The number of piperidine rings is 1. The molecule has 0 aliphatic carbocycles.